The van der Waals surface area contributed by atoms with Crippen molar-refractivity contribution < 1.29 is 18.0 Å². The number of aryl methyl sites for hydroxylation is 1. The van der Waals surface area contributed by atoms with E-state index in [4.69, 9.17) is 16.6 Å². The van der Waals surface area contributed by atoms with Crippen molar-refractivity contribution in [2.75, 3.05) is 31.1 Å². The highest BCUT2D eigenvalue weighted by atomic mass is 35.5. The predicted molar refractivity (Wildman–Crippen MR) is 115 cm³/mol. The molecule has 1 amide bonds. The Morgan fingerprint density at radius 2 is 1.61 bits per heavy atom. The fraction of sp³-hybridized carbons (Fsp3) is 0.500. The summed E-state index contributed by atoms with van der Waals surface area (Å²) in [5, 5.41) is -0.564. The molecule has 1 aromatic carbocycles. The van der Waals surface area contributed by atoms with Gasteiger partial charge in [0.15, 0.2) is 5.82 Å². The minimum atomic E-state index is -4.39. The number of hydrogen-bond acceptors (Lipinski definition) is 4. The van der Waals surface area contributed by atoms with Crippen molar-refractivity contribution in [3.8, 4) is 11.4 Å². The Kier molecular flexibility index (Phi) is 6.79. The summed E-state index contributed by atoms with van der Waals surface area (Å²) in [6, 6.07) is 4.88. The zero-order chi connectivity index (χ0) is 22.9. The van der Waals surface area contributed by atoms with Gasteiger partial charge in [-0.15, -0.1) is 11.6 Å². The lowest BCUT2D eigenvalue weighted by atomic mass is 10.0. The van der Waals surface area contributed by atoms with Crippen LogP contribution in [0.5, 0.6) is 0 Å². The molecule has 9 heteroatoms. The van der Waals surface area contributed by atoms with Crippen LogP contribution in [0.15, 0.2) is 24.3 Å². The molecule has 2 heterocycles. The molecule has 1 atom stereocenters. The molecule has 1 unspecified atom stereocenters. The van der Waals surface area contributed by atoms with Gasteiger partial charge in [-0.25, -0.2) is 9.97 Å². The smallest absolute Gasteiger partial charge is 0.353 e. The third-order valence-corrected chi connectivity index (χ3v) is 5.58. The van der Waals surface area contributed by atoms with Crippen LogP contribution in [-0.4, -0.2) is 52.3 Å². The Bertz CT molecular complexity index is 937. The normalized spacial score (nSPS) is 16.0. The molecule has 0 N–H and O–H groups in total. The third-order valence-electron chi connectivity index (χ3n) is 5.40. The number of piperazine rings is 1. The molecule has 0 aliphatic carbocycles. The van der Waals surface area contributed by atoms with Crippen molar-refractivity contribution in [3.05, 3.63) is 41.1 Å². The Morgan fingerprint density at radius 3 is 2.10 bits per heavy atom. The van der Waals surface area contributed by atoms with E-state index in [1.807, 2.05) is 6.92 Å². The number of rotatable bonds is 4. The van der Waals surface area contributed by atoms with Crippen molar-refractivity contribution in [2.24, 2.45) is 0 Å². The second-order valence-corrected chi connectivity index (χ2v) is 8.68. The zero-order valence-electron chi connectivity index (χ0n) is 18.0. The molecule has 1 fully saturated rings. The van der Waals surface area contributed by atoms with Crippen molar-refractivity contribution in [2.45, 2.75) is 45.2 Å². The highest BCUT2D eigenvalue weighted by molar-refractivity contribution is 6.30. The molecule has 0 spiro atoms. The first-order valence-electron chi connectivity index (χ1n) is 10.2. The average molecular weight is 455 g/mol. The number of anilines is 1. The molecule has 168 valence electrons. The van der Waals surface area contributed by atoms with Crippen molar-refractivity contribution >= 4 is 23.3 Å². The second-order valence-electron chi connectivity index (χ2n) is 8.03. The van der Waals surface area contributed by atoms with Gasteiger partial charge in [0.2, 0.25) is 5.91 Å². The maximum atomic E-state index is 12.9. The molecule has 1 aromatic heterocycles. The van der Waals surface area contributed by atoms with Crippen LogP contribution in [0.3, 0.4) is 0 Å². The number of carbonyl (C=O) groups excluding carboxylic acids is 1. The van der Waals surface area contributed by atoms with Crippen molar-refractivity contribution in [3.63, 3.8) is 0 Å². The van der Waals surface area contributed by atoms with Gasteiger partial charge in [0.05, 0.1) is 5.56 Å². The molecule has 2 aromatic rings. The predicted octanol–water partition coefficient (Wildman–Crippen LogP) is 4.87. The summed E-state index contributed by atoms with van der Waals surface area (Å²) in [6.07, 6.45) is -4.39. The van der Waals surface area contributed by atoms with Crippen LogP contribution >= 0.6 is 11.6 Å². The SMILES string of the molecule is Cc1nc(-c2ccc(C(F)(F)F)cc2)nc(N2CCN(C(=O)C(C)Cl)CC2)c1C(C)C. The van der Waals surface area contributed by atoms with Gasteiger partial charge in [-0.1, -0.05) is 26.0 Å². The molecule has 0 bridgehead atoms. The molecule has 1 saturated heterocycles. The lowest BCUT2D eigenvalue weighted by molar-refractivity contribution is -0.137. The highest BCUT2D eigenvalue weighted by Crippen LogP contribution is 2.33. The van der Waals surface area contributed by atoms with Crippen LogP contribution < -0.4 is 4.90 Å². The van der Waals surface area contributed by atoms with Gasteiger partial charge in [0.1, 0.15) is 11.2 Å². The van der Waals surface area contributed by atoms with Gasteiger partial charge in [0, 0.05) is 43.0 Å². The lowest BCUT2D eigenvalue weighted by Crippen LogP contribution is -2.51. The topological polar surface area (TPSA) is 49.3 Å². The van der Waals surface area contributed by atoms with E-state index in [0.717, 1.165) is 29.2 Å². The zero-order valence-corrected chi connectivity index (χ0v) is 18.8. The Labute approximate surface area is 185 Å². The first-order valence-corrected chi connectivity index (χ1v) is 10.7. The van der Waals surface area contributed by atoms with E-state index in [1.165, 1.54) is 12.1 Å². The number of hydrogen-bond donors (Lipinski definition) is 0. The molecular formula is C22H26ClF3N4O. The number of alkyl halides is 4. The minimum absolute atomic E-state index is 0.0882. The molecule has 1 aliphatic rings. The summed E-state index contributed by atoms with van der Waals surface area (Å²) in [6.45, 7) is 9.93. The summed E-state index contributed by atoms with van der Waals surface area (Å²) in [5.41, 5.74) is 1.61. The van der Waals surface area contributed by atoms with E-state index in [1.54, 1.807) is 11.8 Å². The number of nitrogens with zero attached hydrogens (tertiary/aromatic N) is 4. The molecule has 3 rings (SSSR count). The molecular weight excluding hydrogens is 429 g/mol. The minimum Gasteiger partial charge on any atom is -0.353 e. The van der Waals surface area contributed by atoms with Crippen LogP contribution in [0.4, 0.5) is 19.0 Å². The number of aromatic nitrogens is 2. The van der Waals surface area contributed by atoms with E-state index >= 15 is 0 Å². The largest absolute Gasteiger partial charge is 0.416 e. The first kappa shape index (κ1) is 23.3. The summed E-state index contributed by atoms with van der Waals surface area (Å²) < 4.78 is 38.7. The Hall–Kier alpha value is -2.35. The van der Waals surface area contributed by atoms with Gasteiger partial charge in [0.25, 0.3) is 0 Å². The second kappa shape index (κ2) is 9.02. The standard InChI is InChI=1S/C22H26ClF3N4O/c1-13(2)18-15(4)27-19(16-5-7-17(8-6-16)22(24,25)26)28-20(18)29-9-11-30(12-10-29)21(31)14(3)23/h5-8,13-14H,9-12H2,1-4H3. The fourth-order valence-corrected chi connectivity index (χ4v) is 3.95. The highest BCUT2D eigenvalue weighted by Gasteiger charge is 2.31. The Balaban J connectivity index is 1.93. The molecule has 5 nitrogen and oxygen atoms in total. The van der Waals surface area contributed by atoms with Gasteiger partial charge in [-0.2, -0.15) is 13.2 Å². The van der Waals surface area contributed by atoms with Gasteiger partial charge >= 0.3 is 6.18 Å². The number of carbonyl (C=O) groups is 1. The third kappa shape index (κ3) is 5.11. The average Bonchev–Trinajstić information content (AvgIpc) is 2.71. The van der Waals surface area contributed by atoms with Crippen LogP contribution in [0.1, 0.15) is 43.5 Å². The van der Waals surface area contributed by atoms with E-state index in [9.17, 15) is 18.0 Å². The van der Waals surface area contributed by atoms with Crippen LogP contribution in [0, 0.1) is 6.92 Å². The maximum Gasteiger partial charge on any atom is 0.416 e. The van der Waals surface area contributed by atoms with Crippen molar-refractivity contribution in [1.29, 1.82) is 0 Å². The van der Waals surface area contributed by atoms with Crippen LogP contribution in [0.25, 0.3) is 11.4 Å². The summed E-state index contributed by atoms with van der Waals surface area (Å²) >= 11 is 5.93. The van der Waals surface area contributed by atoms with E-state index in [2.05, 4.69) is 23.7 Å². The Morgan fingerprint density at radius 1 is 1.03 bits per heavy atom. The van der Waals surface area contributed by atoms with E-state index < -0.39 is 17.1 Å². The fourth-order valence-electron chi connectivity index (χ4n) is 3.81. The lowest BCUT2D eigenvalue weighted by Gasteiger charge is -2.37. The number of halogens is 4. The number of benzene rings is 1. The summed E-state index contributed by atoms with van der Waals surface area (Å²) in [7, 11) is 0. The monoisotopic (exact) mass is 454 g/mol. The molecule has 0 saturated carbocycles. The van der Waals surface area contributed by atoms with Crippen LogP contribution in [0.2, 0.25) is 0 Å². The first-order chi connectivity index (χ1) is 14.5. The molecule has 1 aliphatic heterocycles. The van der Waals surface area contributed by atoms with Gasteiger partial charge < -0.3 is 9.80 Å². The van der Waals surface area contributed by atoms with E-state index in [0.29, 0.717) is 37.6 Å². The van der Waals surface area contributed by atoms with Gasteiger partial charge in [-0.05, 0) is 31.9 Å². The molecule has 0 radical (unpaired) electrons. The quantitative estimate of drug-likeness (QED) is 0.618. The van der Waals surface area contributed by atoms with E-state index in [-0.39, 0.29) is 11.8 Å². The summed E-state index contributed by atoms with van der Waals surface area (Å²) in [4.78, 5) is 25.4. The number of amides is 1. The van der Waals surface area contributed by atoms with Crippen molar-refractivity contribution in [1.82, 2.24) is 14.9 Å². The maximum absolute atomic E-state index is 12.9. The van der Waals surface area contributed by atoms with Crippen LogP contribution in [-0.2, 0) is 11.0 Å². The molecule has 31 heavy (non-hydrogen) atoms. The summed E-state index contributed by atoms with van der Waals surface area (Å²) in [5.74, 6) is 1.23. The van der Waals surface area contributed by atoms with Gasteiger partial charge in [-0.3, -0.25) is 4.79 Å².